The third-order valence-electron chi connectivity index (χ3n) is 4.86. The molecule has 1 heterocycles. The lowest BCUT2D eigenvalue weighted by Gasteiger charge is -2.27. The Kier molecular flexibility index (Phi) is 9.26. The maximum Gasteiger partial charge on any atom is 0.573 e. The van der Waals surface area contributed by atoms with E-state index in [0.29, 0.717) is 12.1 Å². The highest BCUT2D eigenvalue weighted by molar-refractivity contribution is 6.60. The molecule has 0 aliphatic carbocycles. The van der Waals surface area contributed by atoms with Gasteiger partial charge in [0.05, 0.1) is 23.5 Å². The zero-order chi connectivity index (χ0) is 31.8. The molecule has 8 nitrogen and oxygen atoms in total. The lowest BCUT2D eigenvalue weighted by Crippen LogP contribution is -2.38. The highest BCUT2D eigenvalue weighted by Gasteiger charge is 2.35. The summed E-state index contributed by atoms with van der Waals surface area (Å²) in [6.45, 7) is 0. The third-order valence-corrected chi connectivity index (χ3v) is 5.16. The quantitative estimate of drug-likeness (QED) is 0.292. The molecule has 0 unspecified atom stereocenters. The van der Waals surface area contributed by atoms with Crippen molar-refractivity contribution in [3.63, 3.8) is 0 Å². The van der Waals surface area contributed by atoms with E-state index < -0.39 is 79.4 Å². The maximum atomic E-state index is 15.8. The van der Waals surface area contributed by atoms with Crippen molar-refractivity contribution in [3.05, 3.63) is 70.0 Å². The minimum absolute atomic E-state index is 0.118. The molecular formula is C22H9B6ClF5N3O5. The van der Waals surface area contributed by atoms with Gasteiger partial charge in [-0.3, -0.25) is 14.6 Å². The first kappa shape index (κ1) is 32.8. The number of alkyl halides is 3. The lowest BCUT2D eigenvalue weighted by atomic mass is 9.40. The van der Waals surface area contributed by atoms with Crippen LogP contribution >= 0.6 is 11.6 Å². The fraction of sp³-hybridized carbons (Fsp3) is 0.136. The van der Waals surface area contributed by atoms with E-state index in [2.05, 4.69) is 15.0 Å². The van der Waals surface area contributed by atoms with Gasteiger partial charge in [0.15, 0.2) is 17.2 Å². The zero-order valence-electron chi connectivity index (χ0n) is 20.8. The van der Waals surface area contributed by atoms with Gasteiger partial charge in [0.2, 0.25) is 5.82 Å². The SMILES string of the molecule is [B]C([B])([B])Oc1c(Oc2cc(Cl)c(C([B])([B])[B])c(F)c2C(=O)Nc2ccnc(C(N)=O)c2)ccc(OC(F)(F)F)c1F. The molecule has 0 bridgehead atoms. The molecule has 2 aromatic carbocycles. The van der Waals surface area contributed by atoms with Crippen LogP contribution in [0.1, 0.15) is 26.4 Å². The van der Waals surface area contributed by atoms with Crippen molar-refractivity contribution in [1.82, 2.24) is 4.98 Å². The third kappa shape index (κ3) is 7.96. The van der Waals surface area contributed by atoms with E-state index in [1.165, 1.54) is 6.07 Å². The molecule has 0 aliphatic rings. The Morgan fingerprint density at radius 1 is 0.905 bits per heavy atom. The first-order chi connectivity index (χ1) is 19.2. The molecule has 0 spiro atoms. The van der Waals surface area contributed by atoms with Crippen molar-refractivity contribution in [1.29, 1.82) is 0 Å². The molecule has 20 heteroatoms. The number of hydrogen-bond acceptors (Lipinski definition) is 6. The molecular weight excluding hydrogens is 582 g/mol. The number of halogens is 6. The number of carbonyl (C=O) groups is 2. The number of nitrogens with two attached hydrogens (primary N) is 1. The molecule has 0 saturated carbocycles. The van der Waals surface area contributed by atoms with Crippen LogP contribution < -0.4 is 25.3 Å². The molecule has 42 heavy (non-hydrogen) atoms. The van der Waals surface area contributed by atoms with E-state index in [-0.39, 0.29) is 11.4 Å². The van der Waals surface area contributed by atoms with E-state index in [9.17, 15) is 22.8 Å². The first-order valence-electron chi connectivity index (χ1n) is 11.0. The van der Waals surface area contributed by atoms with Crippen LogP contribution in [0, 0.1) is 11.6 Å². The van der Waals surface area contributed by atoms with Gasteiger partial charge in [-0.15, -0.1) is 18.3 Å². The number of pyridine rings is 1. The summed E-state index contributed by atoms with van der Waals surface area (Å²) < 4.78 is 82.9. The number of benzene rings is 2. The van der Waals surface area contributed by atoms with Gasteiger partial charge in [-0.05, 0) is 35.1 Å². The summed E-state index contributed by atoms with van der Waals surface area (Å²) >= 11 is 6.09. The predicted octanol–water partition coefficient (Wildman–Crippen LogP) is 2.17. The second kappa shape index (κ2) is 11.9. The summed E-state index contributed by atoms with van der Waals surface area (Å²) in [6.07, 6.45) is -4.25. The Hall–Kier alpha value is -3.74. The van der Waals surface area contributed by atoms with Gasteiger partial charge in [-0.1, -0.05) is 11.6 Å². The van der Waals surface area contributed by atoms with Crippen LogP contribution in [0.5, 0.6) is 23.0 Å². The van der Waals surface area contributed by atoms with E-state index >= 15 is 8.78 Å². The van der Waals surface area contributed by atoms with Gasteiger partial charge in [-0.2, -0.15) is 4.39 Å². The van der Waals surface area contributed by atoms with Crippen LogP contribution in [-0.4, -0.2) is 75.5 Å². The highest BCUT2D eigenvalue weighted by Crippen LogP contribution is 2.44. The fourth-order valence-corrected chi connectivity index (χ4v) is 3.66. The van der Waals surface area contributed by atoms with Crippen molar-refractivity contribution in [2.24, 2.45) is 5.73 Å². The summed E-state index contributed by atoms with van der Waals surface area (Å²) in [5.41, 5.74) is 2.97. The second-order valence-corrected chi connectivity index (χ2v) is 8.82. The molecule has 3 N–H and O–H groups in total. The Bertz CT molecular complexity index is 1550. The average molecular weight is 591 g/mol. The molecule has 2 amide bonds. The Morgan fingerprint density at radius 2 is 1.52 bits per heavy atom. The first-order valence-corrected chi connectivity index (χ1v) is 11.3. The molecule has 3 rings (SSSR count). The summed E-state index contributed by atoms with van der Waals surface area (Å²) in [5, 5.41) is -3.52. The van der Waals surface area contributed by atoms with E-state index in [4.69, 9.17) is 73.9 Å². The summed E-state index contributed by atoms with van der Waals surface area (Å²) in [7, 11) is 32.7. The largest absolute Gasteiger partial charge is 0.573 e. The number of carbonyl (C=O) groups excluding carboxylic acids is 2. The van der Waals surface area contributed by atoms with Crippen molar-refractivity contribution in [2.45, 2.75) is 16.8 Å². The maximum absolute atomic E-state index is 15.8. The number of hydrogen-bond donors (Lipinski definition) is 2. The predicted molar refractivity (Wildman–Crippen MR) is 145 cm³/mol. The Balaban J connectivity index is 2.21. The Morgan fingerprint density at radius 3 is 2.07 bits per heavy atom. The number of nitrogens with one attached hydrogen (secondary N) is 1. The fourth-order valence-electron chi connectivity index (χ4n) is 3.32. The molecule has 0 fully saturated rings. The summed E-state index contributed by atoms with van der Waals surface area (Å²) in [5.74, 6) is -9.98. The van der Waals surface area contributed by atoms with Gasteiger partial charge in [-0.25, -0.2) is 4.39 Å². The number of anilines is 1. The normalized spacial score (nSPS) is 12.0. The van der Waals surface area contributed by atoms with Crippen LogP contribution in [0.4, 0.5) is 27.6 Å². The van der Waals surface area contributed by atoms with Crippen LogP contribution in [0.2, 0.25) is 5.02 Å². The second-order valence-electron chi connectivity index (χ2n) is 8.41. The molecule has 0 saturated heterocycles. The average Bonchev–Trinajstić information content (AvgIpc) is 2.80. The number of aromatic nitrogens is 1. The van der Waals surface area contributed by atoms with Gasteiger partial charge in [0.25, 0.3) is 11.8 Å². The number of nitrogens with zero attached hydrogens (tertiary/aromatic N) is 1. The monoisotopic (exact) mass is 591 g/mol. The van der Waals surface area contributed by atoms with Crippen LogP contribution in [-0.2, 0) is 5.11 Å². The molecule has 0 atom stereocenters. The van der Waals surface area contributed by atoms with Crippen molar-refractivity contribution in [3.8, 4) is 23.0 Å². The van der Waals surface area contributed by atoms with Gasteiger partial charge in [0.1, 0.15) is 46.4 Å². The lowest BCUT2D eigenvalue weighted by molar-refractivity contribution is -0.275. The minimum atomic E-state index is -5.34. The number of rotatable bonds is 9. The molecule has 0 aliphatic heterocycles. The molecule has 3 aromatic rings. The number of amides is 2. The van der Waals surface area contributed by atoms with Gasteiger partial charge in [0, 0.05) is 23.0 Å². The smallest absolute Gasteiger partial charge is 0.510 e. The van der Waals surface area contributed by atoms with E-state index in [1.807, 2.05) is 0 Å². The number of primary amides is 1. The van der Waals surface area contributed by atoms with Crippen molar-refractivity contribution >= 4 is 76.2 Å². The van der Waals surface area contributed by atoms with Gasteiger partial charge >= 0.3 is 6.36 Å². The molecule has 1 aromatic heterocycles. The summed E-state index contributed by atoms with van der Waals surface area (Å²) in [6, 6.07) is 4.13. The topological polar surface area (TPSA) is 113 Å². The van der Waals surface area contributed by atoms with E-state index in [0.717, 1.165) is 18.3 Å². The van der Waals surface area contributed by atoms with Crippen LogP contribution in [0.3, 0.4) is 0 Å². The van der Waals surface area contributed by atoms with Crippen molar-refractivity contribution in [2.75, 3.05) is 5.32 Å². The Labute approximate surface area is 247 Å². The van der Waals surface area contributed by atoms with Gasteiger partial charge < -0.3 is 25.3 Å². The zero-order valence-corrected chi connectivity index (χ0v) is 21.5. The van der Waals surface area contributed by atoms with Crippen molar-refractivity contribution < 1.29 is 45.8 Å². The molecule has 202 valence electrons. The summed E-state index contributed by atoms with van der Waals surface area (Å²) in [4.78, 5) is 28.4. The minimum Gasteiger partial charge on any atom is -0.510 e. The van der Waals surface area contributed by atoms with Crippen LogP contribution in [0.15, 0.2) is 36.5 Å². The molecule has 12 radical (unpaired) electrons. The van der Waals surface area contributed by atoms with E-state index in [1.54, 1.807) is 0 Å². The number of ether oxygens (including phenoxy) is 3. The highest BCUT2D eigenvalue weighted by atomic mass is 35.5. The standard InChI is InChI=1S/C22H9B6ClF5N3O5/c23-20(24,25)14-8(29)6-12(13(16(14)31)19(39)37-7-3-4-36-9(5-7)18(35)38)40-11-2-1-10(41-22(32,33)34)15(30)17(11)42-21(26,27)28/h1-6H,(H2,35,38)(H,36,37,39). The van der Waals surface area contributed by atoms with Crippen LogP contribution in [0.25, 0.3) is 0 Å².